The summed E-state index contributed by atoms with van der Waals surface area (Å²) in [5.74, 6) is 1.46. The highest BCUT2D eigenvalue weighted by atomic mass is 16.5. The zero-order chi connectivity index (χ0) is 19.6. The first-order valence-electron chi connectivity index (χ1n) is 10.6. The van der Waals surface area contributed by atoms with Crippen LogP contribution in [-0.4, -0.2) is 62.8 Å². The fraction of sp³-hybridized carbons (Fsp3) is 0.952. The summed E-state index contributed by atoms with van der Waals surface area (Å²) in [6, 6.07) is 0.429. The third-order valence-electron chi connectivity index (χ3n) is 5.44. The number of rotatable bonds is 9. The van der Waals surface area contributed by atoms with Crippen LogP contribution in [0.1, 0.15) is 67.2 Å². The molecule has 0 amide bonds. The lowest BCUT2D eigenvalue weighted by Gasteiger charge is -2.40. The maximum absolute atomic E-state index is 6.09. The zero-order valence-electron chi connectivity index (χ0n) is 18.4. The Bertz CT molecular complexity index is 401. The van der Waals surface area contributed by atoms with Gasteiger partial charge in [-0.05, 0) is 57.7 Å². The third-order valence-corrected chi connectivity index (χ3v) is 5.44. The Morgan fingerprint density at radius 1 is 1.27 bits per heavy atom. The second kappa shape index (κ2) is 11.8. The highest BCUT2D eigenvalue weighted by molar-refractivity contribution is 5.79. The van der Waals surface area contributed by atoms with Crippen molar-refractivity contribution in [2.24, 2.45) is 16.3 Å². The van der Waals surface area contributed by atoms with Crippen LogP contribution in [0.4, 0.5) is 0 Å². The molecule has 3 atom stereocenters. The molecule has 0 aliphatic carbocycles. The quantitative estimate of drug-likeness (QED) is 0.483. The van der Waals surface area contributed by atoms with Gasteiger partial charge in [0, 0.05) is 32.2 Å². The molecule has 0 bridgehead atoms. The Morgan fingerprint density at radius 2 is 1.96 bits per heavy atom. The van der Waals surface area contributed by atoms with Gasteiger partial charge in [0.15, 0.2) is 5.96 Å². The molecule has 0 aromatic rings. The van der Waals surface area contributed by atoms with Gasteiger partial charge in [-0.2, -0.15) is 0 Å². The van der Waals surface area contributed by atoms with Crippen LogP contribution in [-0.2, 0) is 4.74 Å². The van der Waals surface area contributed by atoms with E-state index in [9.17, 15) is 0 Å². The minimum absolute atomic E-state index is 0.182. The molecular formula is C21H44N4O. The first-order valence-corrected chi connectivity index (χ1v) is 10.6. The molecule has 5 nitrogen and oxygen atoms in total. The summed E-state index contributed by atoms with van der Waals surface area (Å²) in [5.41, 5.74) is 0.182. The molecule has 26 heavy (non-hydrogen) atoms. The standard InChI is InChI=1S/C21H44N4O/c1-8-25(9-2)14-10-12-17(3)24-20(22-7)23-16-18-13-11-15-26-19(18)21(4,5)6/h17-19H,8-16H2,1-7H3,(H2,22,23,24). The van der Waals surface area contributed by atoms with E-state index >= 15 is 0 Å². The number of aliphatic imine (C=N–C) groups is 1. The maximum atomic E-state index is 6.09. The number of ether oxygens (including phenoxy) is 1. The molecule has 0 saturated carbocycles. The van der Waals surface area contributed by atoms with E-state index in [2.05, 4.69) is 62.1 Å². The second-order valence-electron chi connectivity index (χ2n) is 8.73. The SMILES string of the molecule is CCN(CC)CCCC(C)NC(=NC)NCC1CCCOC1C(C)(C)C. The van der Waals surface area contributed by atoms with Crippen molar-refractivity contribution in [3.8, 4) is 0 Å². The van der Waals surface area contributed by atoms with Gasteiger partial charge in [-0.1, -0.05) is 34.6 Å². The Labute approximate surface area is 162 Å². The number of nitrogens with one attached hydrogen (secondary N) is 2. The molecule has 1 aliphatic rings. The van der Waals surface area contributed by atoms with E-state index in [0.717, 1.165) is 45.0 Å². The lowest BCUT2D eigenvalue weighted by atomic mass is 9.78. The first-order chi connectivity index (χ1) is 12.3. The van der Waals surface area contributed by atoms with Crippen LogP contribution < -0.4 is 10.6 Å². The van der Waals surface area contributed by atoms with Crippen molar-refractivity contribution in [1.82, 2.24) is 15.5 Å². The van der Waals surface area contributed by atoms with Crippen molar-refractivity contribution >= 4 is 5.96 Å². The Kier molecular flexibility index (Phi) is 10.6. The minimum Gasteiger partial charge on any atom is -0.377 e. The lowest BCUT2D eigenvalue weighted by molar-refractivity contribution is -0.0835. The van der Waals surface area contributed by atoms with Crippen molar-refractivity contribution < 1.29 is 4.74 Å². The molecule has 154 valence electrons. The van der Waals surface area contributed by atoms with Crippen molar-refractivity contribution in [1.29, 1.82) is 0 Å². The fourth-order valence-corrected chi connectivity index (χ4v) is 3.90. The molecule has 0 aromatic carbocycles. The van der Waals surface area contributed by atoms with Gasteiger partial charge in [-0.25, -0.2) is 0 Å². The Morgan fingerprint density at radius 3 is 2.54 bits per heavy atom. The monoisotopic (exact) mass is 368 g/mol. The largest absolute Gasteiger partial charge is 0.377 e. The van der Waals surface area contributed by atoms with E-state index in [1.807, 2.05) is 7.05 Å². The Hall–Kier alpha value is -0.810. The summed E-state index contributed by atoms with van der Waals surface area (Å²) in [6.45, 7) is 18.8. The van der Waals surface area contributed by atoms with Gasteiger partial charge in [-0.15, -0.1) is 0 Å². The van der Waals surface area contributed by atoms with Gasteiger partial charge in [0.2, 0.25) is 0 Å². The minimum atomic E-state index is 0.182. The molecule has 2 N–H and O–H groups in total. The summed E-state index contributed by atoms with van der Waals surface area (Å²) < 4.78 is 6.09. The van der Waals surface area contributed by atoms with Crippen LogP contribution in [0.25, 0.3) is 0 Å². The normalized spacial score (nSPS) is 23.2. The molecule has 0 radical (unpaired) electrons. The van der Waals surface area contributed by atoms with Crippen molar-refractivity contribution in [3.63, 3.8) is 0 Å². The van der Waals surface area contributed by atoms with Gasteiger partial charge in [-0.3, -0.25) is 4.99 Å². The number of hydrogen-bond acceptors (Lipinski definition) is 3. The molecule has 0 spiro atoms. The fourth-order valence-electron chi connectivity index (χ4n) is 3.90. The highest BCUT2D eigenvalue weighted by Gasteiger charge is 2.35. The Balaban J connectivity index is 2.39. The number of nitrogens with zero attached hydrogens (tertiary/aromatic N) is 2. The zero-order valence-corrected chi connectivity index (χ0v) is 18.4. The lowest BCUT2D eigenvalue weighted by Crippen LogP contribution is -2.49. The predicted octanol–water partition coefficient (Wildman–Crippen LogP) is 3.50. The maximum Gasteiger partial charge on any atom is 0.191 e. The summed E-state index contributed by atoms with van der Waals surface area (Å²) in [5, 5.41) is 7.09. The molecule has 1 fully saturated rings. The van der Waals surface area contributed by atoms with Gasteiger partial charge >= 0.3 is 0 Å². The van der Waals surface area contributed by atoms with Gasteiger partial charge in [0.25, 0.3) is 0 Å². The van der Waals surface area contributed by atoms with Crippen LogP contribution in [0.2, 0.25) is 0 Å². The summed E-state index contributed by atoms with van der Waals surface area (Å²) in [4.78, 5) is 6.90. The van der Waals surface area contributed by atoms with E-state index in [0.29, 0.717) is 18.1 Å². The van der Waals surface area contributed by atoms with E-state index in [1.54, 1.807) is 0 Å². The summed E-state index contributed by atoms with van der Waals surface area (Å²) in [6.07, 6.45) is 5.08. The van der Waals surface area contributed by atoms with E-state index in [-0.39, 0.29) is 5.41 Å². The molecular weight excluding hydrogens is 324 g/mol. The smallest absolute Gasteiger partial charge is 0.191 e. The van der Waals surface area contributed by atoms with Gasteiger partial charge in [0.1, 0.15) is 0 Å². The van der Waals surface area contributed by atoms with Crippen LogP contribution in [0.3, 0.4) is 0 Å². The molecule has 1 rings (SSSR count). The van der Waals surface area contributed by atoms with Crippen molar-refractivity contribution in [2.75, 3.05) is 39.8 Å². The average molecular weight is 369 g/mol. The molecule has 1 heterocycles. The highest BCUT2D eigenvalue weighted by Crippen LogP contribution is 2.33. The number of hydrogen-bond donors (Lipinski definition) is 2. The van der Waals surface area contributed by atoms with Crippen molar-refractivity contribution in [3.05, 3.63) is 0 Å². The van der Waals surface area contributed by atoms with Crippen LogP contribution in [0.15, 0.2) is 4.99 Å². The first kappa shape index (κ1) is 23.2. The molecule has 3 unspecified atom stereocenters. The van der Waals surface area contributed by atoms with E-state index in [4.69, 9.17) is 4.74 Å². The number of guanidine groups is 1. The van der Waals surface area contributed by atoms with Crippen LogP contribution in [0.5, 0.6) is 0 Å². The van der Waals surface area contributed by atoms with Crippen LogP contribution >= 0.6 is 0 Å². The average Bonchev–Trinajstić information content (AvgIpc) is 2.61. The van der Waals surface area contributed by atoms with Crippen molar-refractivity contribution in [2.45, 2.75) is 79.4 Å². The van der Waals surface area contributed by atoms with Gasteiger partial charge < -0.3 is 20.3 Å². The second-order valence-corrected chi connectivity index (χ2v) is 8.73. The molecule has 5 heteroatoms. The van der Waals surface area contributed by atoms with E-state index < -0.39 is 0 Å². The molecule has 1 saturated heterocycles. The summed E-state index contributed by atoms with van der Waals surface area (Å²) >= 11 is 0. The predicted molar refractivity (Wildman–Crippen MR) is 113 cm³/mol. The topological polar surface area (TPSA) is 48.9 Å². The summed E-state index contributed by atoms with van der Waals surface area (Å²) in [7, 11) is 1.86. The molecule has 0 aromatic heterocycles. The van der Waals surface area contributed by atoms with Crippen LogP contribution in [0, 0.1) is 11.3 Å². The molecule has 1 aliphatic heterocycles. The third kappa shape index (κ3) is 8.26. The van der Waals surface area contributed by atoms with Gasteiger partial charge in [0.05, 0.1) is 6.10 Å². The van der Waals surface area contributed by atoms with E-state index in [1.165, 1.54) is 19.4 Å².